The van der Waals surface area contributed by atoms with E-state index in [-0.39, 0.29) is 24.2 Å². The number of ether oxygens (including phenoxy) is 5. The molecule has 4 rings (SSSR count). The second kappa shape index (κ2) is 26.0. The van der Waals surface area contributed by atoms with Crippen LogP contribution in [0.15, 0.2) is 18.2 Å². The Balaban J connectivity index is 1.06. The molecule has 64 heavy (non-hydrogen) atoms. The van der Waals surface area contributed by atoms with E-state index in [4.69, 9.17) is 18.9 Å². The molecule has 6 nitrogen and oxygen atoms in total. The molecule has 1 aromatic rings. The van der Waals surface area contributed by atoms with Crippen molar-refractivity contribution < 1.29 is 63.2 Å². The maximum absolute atomic E-state index is 13.2. The largest absolute Gasteiger partial charge is 0.492 e. The topological polar surface area (TPSA) is 49.4 Å². The second-order valence-electron chi connectivity index (χ2n) is 18.8. The minimum absolute atomic E-state index is 0.250. The summed E-state index contributed by atoms with van der Waals surface area (Å²) >= 11 is 0. The van der Waals surface area contributed by atoms with E-state index in [2.05, 4.69) is 55.7 Å². The number of unbranched alkanes of at least 4 members (excludes halogenated alkanes) is 6. The molecule has 0 aromatic heterocycles. The van der Waals surface area contributed by atoms with Crippen LogP contribution in [0, 0.1) is 23.2 Å². The summed E-state index contributed by atoms with van der Waals surface area (Å²) in [4.78, 5) is 2.33. The van der Waals surface area contributed by atoms with E-state index in [0.29, 0.717) is 36.7 Å². The molecular formula is C47H74F9NO5S2. The van der Waals surface area contributed by atoms with E-state index in [0.717, 1.165) is 64.2 Å². The number of methoxy groups -OCH3 is 1. The molecule has 6 unspecified atom stereocenters. The Hall–Kier alpha value is -1.11. The van der Waals surface area contributed by atoms with Crippen LogP contribution in [0.25, 0.3) is 0 Å². The SMILES string of the molecule is COCC(CCCCCCSSCCCCCCN(C)CCOc1ccc2c(c1)CCC1C2CCC2(C)C(OCCCOC(C(F)(F)F)(C(F)(F)F)C(F)(F)F)CCC12)COC(C)C. The third-order valence-corrected chi connectivity index (χ3v) is 16.3. The number of fused-ring (bicyclic) bond motifs is 5. The highest BCUT2D eigenvalue weighted by molar-refractivity contribution is 8.76. The molecule has 3 aliphatic carbocycles. The smallest absolute Gasteiger partial charge is 0.435 e. The normalized spacial score (nSPS) is 23.4. The Bertz CT molecular complexity index is 1450. The number of aryl methyl sites for hydroxylation is 1. The number of halogens is 9. The van der Waals surface area contributed by atoms with E-state index in [1.807, 2.05) is 21.6 Å². The van der Waals surface area contributed by atoms with Gasteiger partial charge < -0.3 is 28.6 Å². The average molecular weight is 968 g/mol. The zero-order chi connectivity index (χ0) is 47.0. The summed E-state index contributed by atoms with van der Waals surface area (Å²) in [5.41, 5.74) is -3.86. The van der Waals surface area contributed by atoms with Gasteiger partial charge in [-0.2, -0.15) is 39.5 Å². The van der Waals surface area contributed by atoms with Gasteiger partial charge in [-0.05, 0) is 144 Å². The van der Waals surface area contributed by atoms with Gasteiger partial charge >= 0.3 is 24.1 Å². The third-order valence-electron chi connectivity index (χ3n) is 13.7. The molecule has 17 heteroatoms. The van der Waals surface area contributed by atoms with Crippen molar-refractivity contribution in [2.75, 3.05) is 71.8 Å². The molecule has 0 N–H and O–H groups in total. The van der Waals surface area contributed by atoms with Gasteiger partial charge in [-0.1, -0.05) is 66.7 Å². The Morgan fingerprint density at radius 2 is 1.41 bits per heavy atom. The summed E-state index contributed by atoms with van der Waals surface area (Å²) in [6, 6.07) is 6.43. The van der Waals surface area contributed by atoms with Crippen molar-refractivity contribution in [2.45, 2.75) is 166 Å². The summed E-state index contributed by atoms with van der Waals surface area (Å²) in [6.45, 7) is 8.63. The lowest BCUT2D eigenvalue weighted by Crippen LogP contribution is -2.67. The Kier molecular flexibility index (Phi) is 22.6. The van der Waals surface area contributed by atoms with E-state index in [1.165, 1.54) is 80.4 Å². The van der Waals surface area contributed by atoms with Gasteiger partial charge in [0.1, 0.15) is 12.4 Å². The van der Waals surface area contributed by atoms with Gasteiger partial charge in [0.2, 0.25) is 0 Å². The Morgan fingerprint density at radius 3 is 2.05 bits per heavy atom. The van der Waals surface area contributed by atoms with Gasteiger partial charge in [0, 0.05) is 37.7 Å². The average Bonchev–Trinajstić information content (AvgIpc) is 3.55. The van der Waals surface area contributed by atoms with Crippen molar-refractivity contribution >= 4 is 21.6 Å². The van der Waals surface area contributed by atoms with Crippen LogP contribution in [0.5, 0.6) is 5.75 Å². The Labute approximate surface area is 384 Å². The molecule has 0 saturated heterocycles. The summed E-state index contributed by atoms with van der Waals surface area (Å²) < 4.78 is 146. The molecular weight excluding hydrogens is 894 g/mol. The second-order valence-corrected chi connectivity index (χ2v) is 21.5. The quantitative estimate of drug-likeness (QED) is 0.0429. The van der Waals surface area contributed by atoms with Crippen LogP contribution in [0.2, 0.25) is 0 Å². The van der Waals surface area contributed by atoms with Gasteiger partial charge in [0.15, 0.2) is 0 Å². The van der Waals surface area contributed by atoms with E-state index in [9.17, 15) is 39.5 Å². The molecule has 0 spiro atoms. The maximum Gasteiger partial charge on any atom is 0.435 e. The highest BCUT2D eigenvalue weighted by atomic mass is 33.1. The highest BCUT2D eigenvalue weighted by Gasteiger charge is 2.85. The number of rotatable bonds is 30. The number of alkyl halides is 9. The number of nitrogens with zero attached hydrogens (tertiary/aromatic N) is 1. The minimum Gasteiger partial charge on any atom is -0.492 e. The van der Waals surface area contributed by atoms with Crippen LogP contribution < -0.4 is 4.74 Å². The molecule has 1 aromatic carbocycles. The van der Waals surface area contributed by atoms with Gasteiger partial charge in [-0.25, -0.2) is 0 Å². The summed E-state index contributed by atoms with van der Waals surface area (Å²) in [6.07, 6.45) is -4.42. The highest BCUT2D eigenvalue weighted by Crippen LogP contribution is 2.62. The zero-order valence-electron chi connectivity index (χ0n) is 38.6. The predicted octanol–water partition coefficient (Wildman–Crippen LogP) is 13.7. The van der Waals surface area contributed by atoms with Crippen molar-refractivity contribution in [1.82, 2.24) is 4.90 Å². The third kappa shape index (κ3) is 15.5. The van der Waals surface area contributed by atoms with Gasteiger partial charge in [-0.3, -0.25) is 0 Å². The van der Waals surface area contributed by atoms with Crippen molar-refractivity contribution in [1.29, 1.82) is 0 Å². The first kappa shape index (κ1) is 55.5. The molecule has 2 saturated carbocycles. The van der Waals surface area contributed by atoms with E-state index < -0.39 is 37.2 Å². The Morgan fingerprint density at radius 1 is 0.750 bits per heavy atom. The molecule has 0 aliphatic heterocycles. The first-order valence-electron chi connectivity index (χ1n) is 23.5. The van der Waals surface area contributed by atoms with Crippen LogP contribution in [0.4, 0.5) is 39.5 Å². The van der Waals surface area contributed by atoms with Crippen LogP contribution in [-0.4, -0.2) is 113 Å². The van der Waals surface area contributed by atoms with Crippen LogP contribution in [0.3, 0.4) is 0 Å². The van der Waals surface area contributed by atoms with Gasteiger partial charge in [-0.15, -0.1) is 0 Å². The fraction of sp³-hybridized carbons (Fsp3) is 0.872. The molecule has 2 fully saturated rings. The number of benzene rings is 1. The number of hydrogen-bond acceptors (Lipinski definition) is 8. The molecule has 3 aliphatic rings. The predicted molar refractivity (Wildman–Crippen MR) is 238 cm³/mol. The molecule has 0 amide bonds. The fourth-order valence-electron chi connectivity index (χ4n) is 10.3. The van der Waals surface area contributed by atoms with Crippen molar-refractivity contribution in [3.05, 3.63) is 29.3 Å². The van der Waals surface area contributed by atoms with Crippen molar-refractivity contribution in [3.8, 4) is 5.75 Å². The van der Waals surface area contributed by atoms with E-state index in [1.54, 1.807) is 7.11 Å². The number of likely N-dealkylation sites (N-methyl/N-ethyl adjacent to an activating group) is 1. The molecule has 372 valence electrons. The molecule has 0 radical (unpaired) electrons. The fourth-order valence-corrected chi connectivity index (χ4v) is 12.6. The summed E-state index contributed by atoms with van der Waals surface area (Å²) in [7, 11) is 7.94. The van der Waals surface area contributed by atoms with Crippen molar-refractivity contribution in [2.24, 2.45) is 23.2 Å². The van der Waals surface area contributed by atoms with E-state index >= 15 is 0 Å². The lowest BCUT2D eigenvalue weighted by atomic mass is 9.55. The molecule has 0 bridgehead atoms. The monoisotopic (exact) mass is 967 g/mol. The van der Waals surface area contributed by atoms with Crippen molar-refractivity contribution in [3.63, 3.8) is 0 Å². The van der Waals surface area contributed by atoms with Crippen LogP contribution in [-0.2, 0) is 25.4 Å². The molecule has 6 atom stereocenters. The van der Waals surface area contributed by atoms with Crippen LogP contribution >= 0.6 is 21.6 Å². The first-order chi connectivity index (χ1) is 30.2. The minimum atomic E-state index is -6.74. The van der Waals surface area contributed by atoms with Crippen LogP contribution in [0.1, 0.15) is 134 Å². The number of hydrogen-bond donors (Lipinski definition) is 0. The summed E-state index contributed by atoms with van der Waals surface area (Å²) in [5, 5.41) is 0. The molecule has 0 heterocycles. The van der Waals surface area contributed by atoms with Gasteiger partial charge in [0.05, 0.1) is 32.0 Å². The lowest BCUT2D eigenvalue weighted by Gasteiger charge is -2.50. The standard InChI is InChI=1S/C47H74F9NO5S2/c1-34(2)61-33-35(32-58-5)15-10-6-8-12-29-63-64-30-13-9-7-11-24-57(4)25-28-59-37-17-19-38-36(31-37)16-18-40-39(38)22-23-43(3)41(40)20-21-42(43)60-26-14-27-62-44(45(48,49)50,46(51,52)53)47(54,55)56/h17,19,31,34-35,39-42H,6-16,18,20-30,32-33H2,1-5H3. The maximum atomic E-state index is 13.2. The first-order valence-corrected chi connectivity index (χ1v) is 26.0. The van der Waals surface area contributed by atoms with Gasteiger partial charge in [0.25, 0.3) is 0 Å². The zero-order valence-corrected chi connectivity index (χ0v) is 40.2. The summed E-state index contributed by atoms with van der Waals surface area (Å²) in [5.74, 6) is 4.89. The lowest BCUT2D eigenvalue weighted by molar-refractivity contribution is -0.457.